The van der Waals surface area contributed by atoms with Crippen molar-refractivity contribution in [2.75, 3.05) is 5.32 Å². The van der Waals surface area contributed by atoms with Crippen LogP contribution in [0.2, 0.25) is 5.02 Å². The lowest BCUT2D eigenvalue weighted by atomic mass is 10.1. The van der Waals surface area contributed by atoms with E-state index in [-0.39, 0.29) is 0 Å². The van der Waals surface area contributed by atoms with Gasteiger partial charge < -0.3 is 9.26 Å². The van der Waals surface area contributed by atoms with Gasteiger partial charge in [-0.2, -0.15) is 0 Å². The van der Waals surface area contributed by atoms with Gasteiger partial charge in [0.25, 0.3) is 0 Å². The highest BCUT2D eigenvalue weighted by atomic mass is 35.5. The lowest BCUT2D eigenvalue weighted by molar-refractivity contribution is 0.121. The van der Waals surface area contributed by atoms with Gasteiger partial charge in [0.15, 0.2) is 0 Å². The number of aryl methyl sites for hydroxylation is 2. The second-order valence-electron chi connectivity index (χ2n) is 5.60. The Bertz CT molecular complexity index is 903. The SMILES string of the molecule is Cc1ccsc1-c1onc(C)c1NC(=O)OC(C)c1ccccc1Cl. The van der Waals surface area contributed by atoms with Gasteiger partial charge in [-0.05, 0) is 43.8 Å². The van der Waals surface area contributed by atoms with Gasteiger partial charge in [0.2, 0.25) is 5.76 Å². The first kappa shape index (κ1) is 17.5. The average Bonchev–Trinajstić information content (AvgIpc) is 3.14. The Kier molecular flexibility index (Phi) is 5.11. The summed E-state index contributed by atoms with van der Waals surface area (Å²) >= 11 is 7.67. The largest absolute Gasteiger partial charge is 0.441 e. The van der Waals surface area contributed by atoms with E-state index < -0.39 is 12.2 Å². The molecule has 0 aliphatic heterocycles. The molecule has 0 fully saturated rings. The maximum absolute atomic E-state index is 12.3. The van der Waals surface area contributed by atoms with Crippen LogP contribution in [0.1, 0.15) is 29.8 Å². The van der Waals surface area contributed by atoms with Crippen molar-refractivity contribution in [1.29, 1.82) is 0 Å². The summed E-state index contributed by atoms with van der Waals surface area (Å²) in [6.45, 7) is 5.51. The minimum atomic E-state index is -0.589. The van der Waals surface area contributed by atoms with E-state index in [9.17, 15) is 4.79 Å². The van der Waals surface area contributed by atoms with Crippen LogP contribution in [0.5, 0.6) is 0 Å². The predicted molar refractivity (Wildman–Crippen MR) is 99.3 cm³/mol. The zero-order valence-electron chi connectivity index (χ0n) is 14.0. The number of carbonyl (C=O) groups excluding carboxylic acids is 1. The minimum Gasteiger partial charge on any atom is -0.441 e. The molecule has 2 heterocycles. The van der Waals surface area contributed by atoms with Crippen molar-refractivity contribution in [2.45, 2.75) is 26.9 Å². The molecule has 0 saturated carbocycles. The normalized spacial score (nSPS) is 12.0. The quantitative estimate of drug-likeness (QED) is 0.608. The Labute approximate surface area is 154 Å². The van der Waals surface area contributed by atoms with Crippen molar-refractivity contribution in [3.63, 3.8) is 0 Å². The van der Waals surface area contributed by atoms with Gasteiger partial charge in [-0.1, -0.05) is 35.0 Å². The van der Waals surface area contributed by atoms with E-state index in [1.54, 1.807) is 19.9 Å². The van der Waals surface area contributed by atoms with Crippen LogP contribution in [0, 0.1) is 13.8 Å². The van der Waals surface area contributed by atoms with E-state index in [1.165, 1.54) is 11.3 Å². The third-order valence-electron chi connectivity index (χ3n) is 3.79. The molecule has 1 N–H and O–H groups in total. The molecule has 25 heavy (non-hydrogen) atoms. The standard InChI is InChI=1S/C18H17ClN2O3S/c1-10-8-9-25-17(10)16-15(11(2)21-24-16)20-18(22)23-12(3)13-6-4-5-7-14(13)19/h4-9,12H,1-3H3,(H,20,22). The number of rotatable bonds is 4. The first-order chi connectivity index (χ1) is 12.0. The first-order valence-electron chi connectivity index (χ1n) is 7.70. The van der Waals surface area contributed by atoms with Gasteiger partial charge in [0.1, 0.15) is 17.5 Å². The molecule has 0 saturated heterocycles. The van der Waals surface area contributed by atoms with E-state index in [1.807, 2.05) is 36.6 Å². The smallest absolute Gasteiger partial charge is 0.412 e. The lowest BCUT2D eigenvalue weighted by Crippen LogP contribution is -2.16. The van der Waals surface area contributed by atoms with E-state index >= 15 is 0 Å². The third kappa shape index (κ3) is 3.70. The van der Waals surface area contributed by atoms with Gasteiger partial charge in [-0.3, -0.25) is 5.32 Å². The molecule has 0 aliphatic rings. The fourth-order valence-corrected chi connectivity index (χ4v) is 3.64. The number of thiophene rings is 1. The number of anilines is 1. The van der Waals surface area contributed by atoms with Gasteiger partial charge >= 0.3 is 6.09 Å². The number of aromatic nitrogens is 1. The molecule has 0 bridgehead atoms. The second-order valence-corrected chi connectivity index (χ2v) is 6.92. The molecule has 0 aliphatic carbocycles. The van der Waals surface area contributed by atoms with Gasteiger partial charge in [-0.25, -0.2) is 4.79 Å². The summed E-state index contributed by atoms with van der Waals surface area (Å²) in [5, 5.41) is 9.22. The summed E-state index contributed by atoms with van der Waals surface area (Å²) in [5.41, 5.74) is 2.91. The molecule has 0 spiro atoms. The highest BCUT2D eigenvalue weighted by Crippen LogP contribution is 2.36. The van der Waals surface area contributed by atoms with Gasteiger partial charge in [-0.15, -0.1) is 11.3 Å². The number of benzene rings is 1. The highest BCUT2D eigenvalue weighted by Gasteiger charge is 2.22. The van der Waals surface area contributed by atoms with Crippen molar-refractivity contribution in [3.8, 4) is 10.6 Å². The topological polar surface area (TPSA) is 64.4 Å². The monoisotopic (exact) mass is 376 g/mol. The molecule has 130 valence electrons. The molecule has 1 aromatic carbocycles. The third-order valence-corrected chi connectivity index (χ3v) is 5.14. The molecule has 7 heteroatoms. The van der Waals surface area contributed by atoms with Crippen molar-refractivity contribution < 1.29 is 14.1 Å². The Balaban J connectivity index is 1.77. The van der Waals surface area contributed by atoms with Crippen LogP contribution in [0.3, 0.4) is 0 Å². The maximum atomic E-state index is 12.3. The number of halogens is 1. The van der Waals surface area contributed by atoms with Crippen molar-refractivity contribution >= 4 is 34.7 Å². The van der Waals surface area contributed by atoms with E-state index in [4.69, 9.17) is 20.9 Å². The van der Waals surface area contributed by atoms with E-state index in [2.05, 4.69) is 10.5 Å². The Morgan fingerprint density at radius 3 is 2.76 bits per heavy atom. The summed E-state index contributed by atoms with van der Waals surface area (Å²) < 4.78 is 10.8. The van der Waals surface area contributed by atoms with Crippen molar-refractivity contribution in [2.24, 2.45) is 0 Å². The Morgan fingerprint density at radius 2 is 2.08 bits per heavy atom. The lowest BCUT2D eigenvalue weighted by Gasteiger charge is -2.15. The minimum absolute atomic E-state index is 0.485. The van der Waals surface area contributed by atoms with Crippen LogP contribution in [-0.2, 0) is 4.74 Å². The van der Waals surface area contributed by atoms with Crippen molar-refractivity contribution in [1.82, 2.24) is 5.16 Å². The molecule has 1 amide bonds. The Morgan fingerprint density at radius 1 is 1.32 bits per heavy atom. The van der Waals surface area contributed by atoms with Crippen LogP contribution in [0.15, 0.2) is 40.2 Å². The number of nitrogens with zero attached hydrogens (tertiary/aromatic N) is 1. The molecule has 1 unspecified atom stereocenters. The maximum Gasteiger partial charge on any atom is 0.412 e. The molecular weight excluding hydrogens is 360 g/mol. The molecule has 5 nitrogen and oxygen atoms in total. The number of hydrogen-bond acceptors (Lipinski definition) is 5. The summed E-state index contributed by atoms with van der Waals surface area (Å²) in [5.74, 6) is 0.535. The average molecular weight is 377 g/mol. The molecule has 1 atom stereocenters. The molecule has 3 rings (SSSR count). The molecule has 2 aromatic heterocycles. The van der Waals surface area contributed by atoms with Crippen LogP contribution in [-0.4, -0.2) is 11.2 Å². The van der Waals surface area contributed by atoms with Crippen LogP contribution < -0.4 is 5.32 Å². The number of ether oxygens (including phenoxy) is 1. The number of hydrogen-bond donors (Lipinski definition) is 1. The van der Waals surface area contributed by atoms with Crippen LogP contribution >= 0.6 is 22.9 Å². The number of amides is 1. The van der Waals surface area contributed by atoms with Gasteiger partial charge in [0, 0.05) is 10.6 Å². The van der Waals surface area contributed by atoms with Crippen LogP contribution in [0.4, 0.5) is 10.5 Å². The molecular formula is C18H17ClN2O3S. The Hall–Kier alpha value is -2.31. The number of nitrogens with one attached hydrogen (secondary N) is 1. The van der Waals surface area contributed by atoms with E-state index in [0.717, 1.165) is 16.0 Å². The molecule has 0 radical (unpaired) electrons. The second kappa shape index (κ2) is 7.29. The summed E-state index contributed by atoms with van der Waals surface area (Å²) in [6.07, 6.45) is -1.07. The first-order valence-corrected chi connectivity index (χ1v) is 8.96. The van der Waals surface area contributed by atoms with Crippen molar-refractivity contribution in [3.05, 3.63) is 57.6 Å². The zero-order chi connectivity index (χ0) is 18.0. The summed E-state index contributed by atoms with van der Waals surface area (Å²) in [6, 6.07) is 9.25. The van der Waals surface area contributed by atoms with Crippen LogP contribution in [0.25, 0.3) is 10.6 Å². The molecule has 3 aromatic rings. The predicted octanol–water partition coefficient (Wildman–Crippen LogP) is 5.98. The number of carbonyl (C=O) groups is 1. The fourth-order valence-electron chi connectivity index (χ4n) is 2.44. The zero-order valence-corrected chi connectivity index (χ0v) is 15.6. The fraction of sp³-hybridized carbons (Fsp3) is 0.222. The summed E-state index contributed by atoms with van der Waals surface area (Å²) in [7, 11) is 0. The van der Waals surface area contributed by atoms with E-state index in [0.29, 0.717) is 22.2 Å². The highest BCUT2D eigenvalue weighted by molar-refractivity contribution is 7.13. The van der Waals surface area contributed by atoms with Gasteiger partial charge in [0.05, 0.1) is 4.88 Å². The summed E-state index contributed by atoms with van der Waals surface area (Å²) in [4.78, 5) is 13.2.